The molecule has 0 aromatic carbocycles. The van der Waals surface area contributed by atoms with E-state index in [1.807, 2.05) is 6.08 Å². The highest BCUT2D eigenvalue weighted by molar-refractivity contribution is 5.76. The van der Waals surface area contributed by atoms with Crippen LogP contribution in [0, 0.1) is 0 Å². The van der Waals surface area contributed by atoms with Gasteiger partial charge in [0.05, 0.1) is 25.4 Å². The number of unbranched alkanes of at least 4 members (excludes halogenated alkanes) is 34. The van der Waals surface area contributed by atoms with E-state index in [0.717, 1.165) is 83.5 Å². The SMILES string of the molecule is CCCCCCCCC/C=C\CCCCCCCC(=O)OCCCCC/C=C\C/C=C\CCCCCCCCCC(=O)NC(CO)C(O)/C=C/CCCCCCCCCCCCCC. The maximum atomic E-state index is 12.4. The lowest BCUT2D eigenvalue weighted by Crippen LogP contribution is -2.45. The fourth-order valence-electron chi connectivity index (χ4n) is 8.25. The monoisotopic (exact) mass is 898 g/mol. The molecular weight excluding hydrogens is 791 g/mol. The second kappa shape index (κ2) is 53.4. The van der Waals surface area contributed by atoms with Crippen LogP contribution in [0.15, 0.2) is 48.6 Å². The van der Waals surface area contributed by atoms with Crippen LogP contribution in [0.1, 0.15) is 284 Å². The Hall–Kier alpha value is -2.18. The number of rotatable bonds is 51. The molecule has 0 aliphatic rings. The summed E-state index contributed by atoms with van der Waals surface area (Å²) in [4.78, 5) is 24.5. The molecule has 0 heterocycles. The van der Waals surface area contributed by atoms with Gasteiger partial charge in [-0.05, 0) is 96.3 Å². The van der Waals surface area contributed by atoms with E-state index in [4.69, 9.17) is 4.74 Å². The number of aliphatic hydroxyl groups excluding tert-OH is 2. The van der Waals surface area contributed by atoms with Gasteiger partial charge in [0, 0.05) is 12.8 Å². The number of nitrogens with one attached hydrogen (secondary N) is 1. The summed E-state index contributed by atoms with van der Waals surface area (Å²) in [6.07, 6.45) is 66.9. The van der Waals surface area contributed by atoms with Crippen molar-refractivity contribution in [3.05, 3.63) is 48.6 Å². The third-order valence-electron chi connectivity index (χ3n) is 12.6. The largest absolute Gasteiger partial charge is 0.466 e. The summed E-state index contributed by atoms with van der Waals surface area (Å²) >= 11 is 0. The van der Waals surface area contributed by atoms with Gasteiger partial charge < -0.3 is 20.3 Å². The molecule has 0 aromatic heterocycles. The molecular formula is C58H107NO5. The van der Waals surface area contributed by atoms with Crippen molar-refractivity contribution in [3.8, 4) is 0 Å². The predicted octanol–water partition coefficient (Wildman–Crippen LogP) is 17.0. The Morgan fingerprint density at radius 1 is 0.438 bits per heavy atom. The molecule has 3 N–H and O–H groups in total. The van der Waals surface area contributed by atoms with Crippen LogP contribution in [0.4, 0.5) is 0 Å². The van der Waals surface area contributed by atoms with Gasteiger partial charge in [0.25, 0.3) is 0 Å². The molecule has 0 saturated heterocycles. The van der Waals surface area contributed by atoms with Crippen LogP contribution in [0.5, 0.6) is 0 Å². The van der Waals surface area contributed by atoms with E-state index < -0.39 is 12.1 Å². The van der Waals surface area contributed by atoms with Crippen LogP contribution in [0.25, 0.3) is 0 Å². The van der Waals surface area contributed by atoms with E-state index in [1.54, 1.807) is 6.08 Å². The molecule has 0 aliphatic carbocycles. The molecule has 0 spiro atoms. The van der Waals surface area contributed by atoms with Crippen LogP contribution in [0.2, 0.25) is 0 Å². The predicted molar refractivity (Wildman–Crippen MR) is 278 cm³/mol. The Morgan fingerprint density at radius 3 is 1.20 bits per heavy atom. The zero-order chi connectivity index (χ0) is 46.5. The molecule has 0 bridgehead atoms. The summed E-state index contributed by atoms with van der Waals surface area (Å²) in [5.74, 6) is -0.110. The first-order chi connectivity index (χ1) is 31.5. The third kappa shape index (κ3) is 49.3. The van der Waals surface area contributed by atoms with E-state index in [1.165, 1.54) is 173 Å². The van der Waals surface area contributed by atoms with Gasteiger partial charge in [-0.2, -0.15) is 0 Å². The highest BCUT2D eigenvalue weighted by Crippen LogP contribution is 2.15. The summed E-state index contributed by atoms with van der Waals surface area (Å²) in [5, 5.41) is 23.1. The number of esters is 1. The lowest BCUT2D eigenvalue weighted by molar-refractivity contribution is -0.143. The Morgan fingerprint density at radius 2 is 0.781 bits per heavy atom. The first-order valence-corrected chi connectivity index (χ1v) is 27.9. The minimum Gasteiger partial charge on any atom is -0.466 e. The van der Waals surface area contributed by atoms with Crippen molar-refractivity contribution >= 4 is 11.9 Å². The smallest absolute Gasteiger partial charge is 0.305 e. The van der Waals surface area contributed by atoms with Crippen molar-refractivity contribution in [2.45, 2.75) is 296 Å². The number of amides is 1. The van der Waals surface area contributed by atoms with Crippen molar-refractivity contribution in [3.63, 3.8) is 0 Å². The van der Waals surface area contributed by atoms with Gasteiger partial charge in [-0.15, -0.1) is 0 Å². The average molecular weight is 898 g/mol. The van der Waals surface area contributed by atoms with E-state index in [-0.39, 0.29) is 18.5 Å². The number of aliphatic hydroxyl groups is 2. The molecule has 6 nitrogen and oxygen atoms in total. The van der Waals surface area contributed by atoms with Gasteiger partial charge in [-0.3, -0.25) is 9.59 Å². The average Bonchev–Trinajstić information content (AvgIpc) is 3.29. The quantitative estimate of drug-likeness (QED) is 0.0321. The van der Waals surface area contributed by atoms with Gasteiger partial charge >= 0.3 is 5.97 Å². The molecule has 1 amide bonds. The lowest BCUT2D eigenvalue weighted by Gasteiger charge is -2.20. The topological polar surface area (TPSA) is 95.9 Å². The number of hydrogen-bond donors (Lipinski definition) is 3. The van der Waals surface area contributed by atoms with Crippen LogP contribution >= 0.6 is 0 Å². The minimum atomic E-state index is -0.855. The molecule has 0 aromatic rings. The Kier molecular flexibility index (Phi) is 51.6. The highest BCUT2D eigenvalue weighted by Gasteiger charge is 2.18. The Labute approximate surface area is 397 Å². The number of allylic oxidation sites excluding steroid dienone is 7. The third-order valence-corrected chi connectivity index (χ3v) is 12.6. The second-order valence-corrected chi connectivity index (χ2v) is 18.9. The van der Waals surface area contributed by atoms with Gasteiger partial charge in [0.15, 0.2) is 0 Å². The van der Waals surface area contributed by atoms with E-state index >= 15 is 0 Å². The van der Waals surface area contributed by atoms with E-state index in [2.05, 4.69) is 55.6 Å². The first-order valence-electron chi connectivity index (χ1n) is 27.9. The second-order valence-electron chi connectivity index (χ2n) is 18.9. The summed E-state index contributed by atoms with van der Waals surface area (Å²) in [6.45, 7) is 4.85. The van der Waals surface area contributed by atoms with Crippen LogP contribution in [-0.2, 0) is 14.3 Å². The molecule has 0 radical (unpaired) electrons. The number of carbonyl (C=O) groups excluding carboxylic acids is 2. The van der Waals surface area contributed by atoms with Gasteiger partial charge in [0.2, 0.25) is 5.91 Å². The van der Waals surface area contributed by atoms with Gasteiger partial charge in [-0.1, -0.05) is 223 Å². The van der Waals surface area contributed by atoms with Crippen LogP contribution in [-0.4, -0.2) is 47.4 Å². The Bertz CT molecular complexity index is 1080. The lowest BCUT2D eigenvalue weighted by atomic mass is 10.0. The highest BCUT2D eigenvalue weighted by atomic mass is 16.5. The van der Waals surface area contributed by atoms with Crippen LogP contribution < -0.4 is 5.32 Å². The number of carbonyl (C=O) groups is 2. The minimum absolute atomic E-state index is 0.0244. The number of ether oxygens (including phenoxy) is 1. The van der Waals surface area contributed by atoms with Crippen molar-refractivity contribution in [2.75, 3.05) is 13.2 Å². The van der Waals surface area contributed by atoms with Crippen molar-refractivity contribution < 1.29 is 24.5 Å². The summed E-state index contributed by atoms with van der Waals surface area (Å²) < 4.78 is 5.45. The maximum absolute atomic E-state index is 12.4. The van der Waals surface area contributed by atoms with Crippen LogP contribution in [0.3, 0.4) is 0 Å². The molecule has 0 saturated carbocycles. The number of hydrogen-bond acceptors (Lipinski definition) is 5. The molecule has 2 unspecified atom stereocenters. The molecule has 64 heavy (non-hydrogen) atoms. The molecule has 0 fully saturated rings. The summed E-state index contributed by atoms with van der Waals surface area (Å²) in [6, 6.07) is -0.640. The zero-order valence-electron chi connectivity index (χ0n) is 42.5. The Balaban J connectivity index is 3.53. The molecule has 0 rings (SSSR count). The fourth-order valence-corrected chi connectivity index (χ4v) is 8.25. The van der Waals surface area contributed by atoms with Gasteiger partial charge in [-0.25, -0.2) is 0 Å². The molecule has 0 aliphatic heterocycles. The maximum Gasteiger partial charge on any atom is 0.305 e. The van der Waals surface area contributed by atoms with Gasteiger partial charge in [0.1, 0.15) is 0 Å². The van der Waals surface area contributed by atoms with E-state index in [0.29, 0.717) is 19.4 Å². The van der Waals surface area contributed by atoms with Crippen molar-refractivity contribution in [1.82, 2.24) is 5.32 Å². The standard InChI is InChI=1S/C58H107NO5/c1-3-5-7-9-11-13-15-17-19-24-28-32-36-40-44-48-52-58(63)64-53-49-45-41-37-33-29-25-22-20-21-23-27-31-35-39-43-47-51-57(62)59-55(54-60)56(61)50-46-42-38-34-30-26-18-16-14-12-10-8-6-4-2/h19-20,22,24,29,33,46,50,55-56,60-61H,3-18,21,23,25-28,30-32,34-45,47-49,51-54H2,1-2H3,(H,59,62)/b22-20-,24-19-,33-29-,50-46+. The molecule has 6 heteroatoms. The normalized spacial score (nSPS) is 13.0. The zero-order valence-corrected chi connectivity index (χ0v) is 42.5. The first kappa shape index (κ1) is 61.8. The van der Waals surface area contributed by atoms with E-state index in [9.17, 15) is 19.8 Å². The molecule has 2 atom stereocenters. The summed E-state index contributed by atoms with van der Waals surface area (Å²) in [5.41, 5.74) is 0. The molecule has 374 valence electrons. The summed E-state index contributed by atoms with van der Waals surface area (Å²) in [7, 11) is 0. The fraction of sp³-hybridized carbons (Fsp3) is 0.828. The van der Waals surface area contributed by atoms with Crippen molar-refractivity contribution in [1.29, 1.82) is 0 Å². The van der Waals surface area contributed by atoms with Crippen molar-refractivity contribution in [2.24, 2.45) is 0 Å².